The summed E-state index contributed by atoms with van der Waals surface area (Å²) in [5, 5.41) is 5.98. The first kappa shape index (κ1) is 24.8. The maximum atomic E-state index is 13.3. The van der Waals surface area contributed by atoms with Gasteiger partial charge in [-0.1, -0.05) is 35.9 Å². The molecule has 0 aliphatic rings. The highest BCUT2D eigenvalue weighted by molar-refractivity contribution is 6.32. The fraction of sp³-hybridized carbons (Fsp3) is 0.250. The predicted octanol–water partition coefficient (Wildman–Crippen LogP) is 3.29. The molecule has 0 fully saturated rings. The zero-order chi connectivity index (χ0) is 24.9. The molecule has 6 N–H and O–H groups in total. The van der Waals surface area contributed by atoms with Crippen LogP contribution in [0, 0.1) is 0 Å². The van der Waals surface area contributed by atoms with Crippen molar-refractivity contribution >= 4 is 41.0 Å². The van der Waals surface area contributed by atoms with Gasteiger partial charge in [-0.15, -0.1) is 0 Å². The van der Waals surface area contributed by atoms with E-state index in [1.54, 1.807) is 36.4 Å². The number of aliphatic imine (C=N–C) groups is 1. The number of nitrogen functional groups attached to an aromatic ring is 1. The van der Waals surface area contributed by atoms with Crippen LogP contribution in [0.5, 0.6) is 0 Å². The summed E-state index contributed by atoms with van der Waals surface area (Å²) in [6, 6.07) is 14.2. The Morgan fingerprint density at radius 3 is 2.53 bits per heavy atom. The minimum atomic E-state index is -0.462. The van der Waals surface area contributed by atoms with Gasteiger partial charge in [-0.05, 0) is 50.6 Å². The summed E-state index contributed by atoms with van der Waals surface area (Å²) in [7, 11) is 0. The Hall–Kier alpha value is -3.85. The van der Waals surface area contributed by atoms with Crippen molar-refractivity contribution in [2.24, 2.45) is 10.7 Å². The van der Waals surface area contributed by atoms with Gasteiger partial charge in [-0.25, -0.2) is 9.98 Å². The molecular formula is C24H28ClN7O2. The molecule has 178 valence electrons. The number of benzene rings is 2. The van der Waals surface area contributed by atoms with Gasteiger partial charge >= 0.3 is 0 Å². The van der Waals surface area contributed by atoms with Crippen LogP contribution in [0.1, 0.15) is 26.3 Å². The van der Waals surface area contributed by atoms with Crippen LogP contribution in [-0.4, -0.2) is 27.3 Å². The zero-order valence-corrected chi connectivity index (χ0v) is 20.1. The molecule has 0 saturated heterocycles. The Morgan fingerprint density at radius 1 is 1.21 bits per heavy atom. The third-order valence-corrected chi connectivity index (χ3v) is 4.99. The maximum Gasteiger partial charge on any atom is 0.294 e. The molecule has 0 radical (unpaired) electrons. The molecular weight excluding hydrogens is 454 g/mol. The van der Waals surface area contributed by atoms with Gasteiger partial charge in [0.25, 0.3) is 5.56 Å². The Kier molecular flexibility index (Phi) is 7.57. The molecule has 1 aromatic heterocycles. The molecule has 0 saturated carbocycles. The maximum absolute atomic E-state index is 13.3. The van der Waals surface area contributed by atoms with E-state index in [0.29, 0.717) is 22.6 Å². The summed E-state index contributed by atoms with van der Waals surface area (Å²) >= 11 is 6.52. The summed E-state index contributed by atoms with van der Waals surface area (Å²) in [6.45, 7) is 5.72. The number of hydrogen-bond donors (Lipinski definition) is 4. The summed E-state index contributed by atoms with van der Waals surface area (Å²) in [6.07, 6.45) is 1.22. The lowest BCUT2D eigenvalue weighted by Gasteiger charge is -2.23. The van der Waals surface area contributed by atoms with E-state index in [-0.39, 0.29) is 30.0 Å². The van der Waals surface area contributed by atoms with Gasteiger partial charge in [0.05, 0.1) is 17.7 Å². The van der Waals surface area contributed by atoms with Crippen LogP contribution in [-0.2, 0) is 17.9 Å². The first-order chi connectivity index (χ1) is 16.1. The summed E-state index contributed by atoms with van der Waals surface area (Å²) < 4.78 is 1.31. The van der Waals surface area contributed by atoms with Crippen LogP contribution in [0.15, 0.2) is 58.3 Å². The Balaban J connectivity index is 1.92. The average Bonchev–Trinajstić information content (AvgIpc) is 2.76. The highest BCUT2D eigenvalue weighted by Gasteiger charge is 2.22. The zero-order valence-electron chi connectivity index (χ0n) is 19.3. The van der Waals surface area contributed by atoms with E-state index in [0.717, 1.165) is 5.56 Å². The molecule has 34 heavy (non-hydrogen) atoms. The molecule has 9 nitrogen and oxygen atoms in total. The number of amides is 1. The molecule has 0 bridgehead atoms. The number of rotatable bonds is 7. The predicted molar refractivity (Wildman–Crippen MR) is 137 cm³/mol. The van der Waals surface area contributed by atoms with Gasteiger partial charge in [0.1, 0.15) is 6.54 Å². The van der Waals surface area contributed by atoms with Crippen molar-refractivity contribution in [2.75, 3.05) is 11.1 Å². The third kappa shape index (κ3) is 6.35. The largest absolute Gasteiger partial charge is 0.399 e. The summed E-state index contributed by atoms with van der Waals surface area (Å²) in [5.74, 6) is -0.297. The molecule has 2 aromatic carbocycles. The quantitative estimate of drug-likeness (QED) is 0.232. The van der Waals surface area contributed by atoms with Crippen LogP contribution in [0.2, 0.25) is 5.15 Å². The minimum Gasteiger partial charge on any atom is -0.399 e. The van der Waals surface area contributed by atoms with E-state index in [9.17, 15) is 9.59 Å². The molecule has 0 aliphatic heterocycles. The molecule has 0 atom stereocenters. The van der Waals surface area contributed by atoms with Gasteiger partial charge in [0.15, 0.2) is 11.0 Å². The Labute approximate surface area is 202 Å². The van der Waals surface area contributed by atoms with Crippen molar-refractivity contribution in [1.29, 1.82) is 0 Å². The number of halogens is 1. The van der Waals surface area contributed by atoms with Crippen LogP contribution in [0.3, 0.4) is 0 Å². The lowest BCUT2D eigenvalue weighted by Crippen LogP contribution is -2.37. The Morgan fingerprint density at radius 2 is 1.91 bits per heavy atom. The second-order valence-corrected chi connectivity index (χ2v) is 9.07. The third-order valence-electron chi connectivity index (χ3n) is 4.73. The van der Waals surface area contributed by atoms with Crippen molar-refractivity contribution in [3.05, 3.63) is 69.6 Å². The monoisotopic (exact) mass is 481 g/mol. The minimum absolute atomic E-state index is 0.0639. The number of nitrogens with zero attached hydrogens (tertiary/aromatic N) is 3. The number of nitrogens with one attached hydrogen (secondary N) is 2. The van der Waals surface area contributed by atoms with Crippen LogP contribution in [0.4, 0.5) is 17.2 Å². The van der Waals surface area contributed by atoms with Gasteiger partial charge in [-0.3, -0.25) is 14.2 Å². The lowest BCUT2D eigenvalue weighted by atomic mass is 10.1. The smallest absolute Gasteiger partial charge is 0.294 e. The number of carbonyl (C=O) groups is 1. The highest BCUT2D eigenvalue weighted by atomic mass is 35.5. The molecule has 10 heteroatoms. The first-order valence-electron chi connectivity index (χ1n) is 10.6. The van der Waals surface area contributed by atoms with Gasteiger partial charge in [-0.2, -0.15) is 0 Å². The number of carbonyl (C=O) groups excluding carboxylic acids is 1. The molecule has 3 aromatic rings. The standard InChI is InChI=1S/C24H28ClN7O2/c1-24(2,3)31-22-23(34)32(20(21(25)30-22)16-5-4-6-17(27)11-16)13-19(33)28-12-15-7-9-18(10-8-15)29-14-26/h4-11,14H,12-13,27H2,1-3H3,(H2,26,29)(H,28,33)(H,30,31). The van der Waals surface area contributed by atoms with Gasteiger partial charge in [0, 0.05) is 23.3 Å². The molecule has 1 amide bonds. The van der Waals surface area contributed by atoms with Gasteiger partial charge < -0.3 is 22.1 Å². The van der Waals surface area contributed by atoms with Crippen molar-refractivity contribution in [1.82, 2.24) is 14.9 Å². The van der Waals surface area contributed by atoms with Crippen LogP contribution in [0.25, 0.3) is 11.3 Å². The number of nitrogens with two attached hydrogens (primary N) is 2. The van der Waals surface area contributed by atoms with Crippen molar-refractivity contribution in [3.63, 3.8) is 0 Å². The van der Waals surface area contributed by atoms with Crippen LogP contribution >= 0.6 is 11.6 Å². The van der Waals surface area contributed by atoms with Gasteiger partial charge in [0.2, 0.25) is 5.91 Å². The first-order valence-corrected chi connectivity index (χ1v) is 11.0. The van der Waals surface area contributed by atoms with E-state index in [4.69, 9.17) is 23.1 Å². The number of anilines is 2. The normalized spacial score (nSPS) is 11.5. The molecule has 1 heterocycles. The summed E-state index contributed by atoms with van der Waals surface area (Å²) in [4.78, 5) is 34.4. The second-order valence-electron chi connectivity index (χ2n) is 8.71. The van der Waals surface area contributed by atoms with E-state index in [2.05, 4.69) is 20.6 Å². The molecule has 3 rings (SSSR count). The van der Waals surface area contributed by atoms with Crippen molar-refractivity contribution in [2.45, 2.75) is 39.4 Å². The van der Waals surface area contributed by atoms with Crippen LogP contribution < -0.4 is 27.7 Å². The molecule has 0 aliphatic carbocycles. The molecule has 0 unspecified atom stereocenters. The topological polar surface area (TPSA) is 140 Å². The fourth-order valence-electron chi connectivity index (χ4n) is 3.27. The molecule has 0 spiro atoms. The Bertz CT molecular complexity index is 1260. The summed E-state index contributed by atoms with van der Waals surface area (Å²) in [5.41, 5.74) is 13.3. The van der Waals surface area contributed by atoms with E-state index in [1.165, 1.54) is 10.9 Å². The van der Waals surface area contributed by atoms with E-state index in [1.807, 2.05) is 32.9 Å². The van der Waals surface area contributed by atoms with Crippen molar-refractivity contribution < 1.29 is 4.79 Å². The average molecular weight is 482 g/mol. The SMILES string of the molecule is CC(C)(C)Nc1nc(Cl)c(-c2cccc(N)c2)n(CC(=O)NCc2ccc(N=CN)cc2)c1=O. The number of hydrogen-bond acceptors (Lipinski definition) is 6. The van der Waals surface area contributed by atoms with E-state index >= 15 is 0 Å². The second kappa shape index (κ2) is 10.4. The van der Waals surface area contributed by atoms with Crippen molar-refractivity contribution in [3.8, 4) is 11.3 Å². The van der Waals surface area contributed by atoms with E-state index < -0.39 is 11.1 Å². The number of aromatic nitrogens is 2. The lowest BCUT2D eigenvalue weighted by molar-refractivity contribution is -0.121. The fourth-order valence-corrected chi connectivity index (χ4v) is 3.57. The highest BCUT2D eigenvalue weighted by Crippen LogP contribution is 2.28.